The van der Waals surface area contributed by atoms with Gasteiger partial charge in [0.2, 0.25) is 4.77 Å². The number of carbonyl (C=O) groups is 1. The minimum atomic E-state index is -1.85. The minimum Gasteiger partial charge on any atom is -0.479 e. The number of hydrogen-bond acceptors (Lipinski definition) is 8. The molecule has 0 unspecified atom stereocenters. The second kappa shape index (κ2) is 7.40. The lowest BCUT2D eigenvalue weighted by Crippen LogP contribution is -2.62. The predicted octanol–water partition coefficient (Wildman–Crippen LogP) is -1.89. The van der Waals surface area contributed by atoms with Crippen molar-refractivity contribution in [3.63, 3.8) is 0 Å². The smallest absolute Gasteiger partial charge is 0.335 e. The van der Waals surface area contributed by atoms with Crippen molar-refractivity contribution in [1.82, 2.24) is 9.30 Å². The van der Waals surface area contributed by atoms with E-state index in [9.17, 15) is 24.9 Å². The SMILES string of the molecule is CCCn1ccc(=O)n(O[C@@H]2O[C@H](C(=O)O)[C@@H](O)[C@H](O)[C@H]2O)c1=S. The van der Waals surface area contributed by atoms with Gasteiger partial charge in [-0.3, -0.25) is 4.79 Å². The number of aryl methyl sites for hydroxylation is 1. The summed E-state index contributed by atoms with van der Waals surface area (Å²) >= 11 is 5.12. The fourth-order valence-electron chi connectivity index (χ4n) is 2.25. The van der Waals surface area contributed by atoms with Gasteiger partial charge in [0.05, 0.1) is 0 Å². The maximum atomic E-state index is 11.9. The van der Waals surface area contributed by atoms with Crippen molar-refractivity contribution in [3.05, 3.63) is 27.4 Å². The summed E-state index contributed by atoms with van der Waals surface area (Å²) in [5.41, 5.74) is -0.657. The van der Waals surface area contributed by atoms with Gasteiger partial charge < -0.3 is 34.6 Å². The van der Waals surface area contributed by atoms with Crippen molar-refractivity contribution in [3.8, 4) is 0 Å². The molecule has 0 radical (unpaired) electrons. The fourth-order valence-corrected chi connectivity index (χ4v) is 2.53. The number of ether oxygens (including phenoxy) is 1. The lowest BCUT2D eigenvalue weighted by atomic mass is 9.99. The molecule has 1 aliphatic heterocycles. The lowest BCUT2D eigenvalue weighted by Gasteiger charge is -2.38. The third-order valence-electron chi connectivity index (χ3n) is 3.50. The molecule has 2 heterocycles. The Morgan fingerprint density at radius 1 is 1.33 bits per heavy atom. The van der Waals surface area contributed by atoms with E-state index in [1.165, 1.54) is 12.3 Å². The van der Waals surface area contributed by atoms with E-state index in [0.29, 0.717) is 11.3 Å². The zero-order chi connectivity index (χ0) is 18.0. The van der Waals surface area contributed by atoms with Gasteiger partial charge in [0.15, 0.2) is 6.10 Å². The molecule has 0 bridgehead atoms. The summed E-state index contributed by atoms with van der Waals surface area (Å²) in [6.45, 7) is 2.41. The van der Waals surface area contributed by atoms with E-state index in [1.807, 2.05) is 6.92 Å². The fraction of sp³-hybridized carbons (Fsp3) is 0.615. The summed E-state index contributed by atoms with van der Waals surface area (Å²) in [4.78, 5) is 28.2. The number of aliphatic hydroxyl groups is 3. The van der Waals surface area contributed by atoms with Gasteiger partial charge in [-0.1, -0.05) is 6.92 Å². The van der Waals surface area contributed by atoms with Crippen LogP contribution < -0.4 is 10.4 Å². The first-order valence-electron chi connectivity index (χ1n) is 7.20. The van der Waals surface area contributed by atoms with Crippen LogP contribution in [0.5, 0.6) is 0 Å². The molecule has 5 atom stereocenters. The highest BCUT2D eigenvalue weighted by molar-refractivity contribution is 7.71. The molecule has 1 aromatic rings. The van der Waals surface area contributed by atoms with Gasteiger partial charge in [0.1, 0.15) is 18.3 Å². The van der Waals surface area contributed by atoms with Gasteiger partial charge >= 0.3 is 5.97 Å². The molecule has 2 rings (SSSR count). The molecule has 0 aromatic carbocycles. The van der Waals surface area contributed by atoms with Crippen LogP contribution in [-0.2, 0) is 16.1 Å². The Balaban J connectivity index is 2.33. The molecule has 4 N–H and O–H groups in total. The van der Waals surface area contributed by atoms with Crippen LogP contribution in [0.1, 0.15) is 13.3 Å². The van der Waals surface area contributed by atoms with E-state index in [0.717, 1.165) is 6.42 Å². The predicted molar refractivity (Wildman–Crippen MR) is 80.7 cm³/mol. The summed E-state index contributed by atoms with van der Waals surface area (Å²) in [5, 5.41) is 38.3. The topological polar surface area (TPSA) is 143 Å². The summed E-state index contributed by atoms with van der Waals surface area (Å²) in [6.07, 6.45) is -6.79. The van der Waals surface area contributed by atoms with Gasteiger partial charge in [0, 0.05) is 18.8 Å². The Morgan fingerprint density at radius 3 is 2.58 bits per heavy atom. The molecule has 11 heteroatoms. The normalized spacial score (nSPS) is 30.1. The van der Waals surface area contributed by atoms with Crippen LogP contribution in [-0.4, -0.2) is 66.4 Å². The highest BCUT2D eigenvalue weighted by Gasteiger charge is 2.48. The molecule has 1 aliphatic rings. The van der Waals surface area contributed by atoms with Crippen LogP contribution in [0.2, 0.25) is 0 Å². The minimum absolute atomic E-state index is 0.0207. The van der Waals surface area contributed by atoms with E-state index in [2.05, 4.69) is 0 Å². The zero-order valence-corrected chi connectivity index (χ0v) is 13.5. The summed E-state index contributed by atoms with van der Waals surface area (Å²) in [5.74, 6) is -1.55. The van der Waals surface area contributed by atoms with Crippen LogP contribution in [0.3, 0.4) is 0 Å². The van der Waals surface area contributed by atoms with Crippen molar-refractivity contribution in [2.45, 2.75) is 50.6 Å². The van der Waals surface area contributed by atoms with Crippen molar-refractivity contribution >= 4 is 18.2 Å². The maximum absolute atomic E-state index is 11.9. The van der Waals surface area contributed by atoms with Crippen LogP contribution in [0.25, 0.3) is 0 Å². The Kier molecular flexibility index (Phi) is 5.72. The number of nitrogens with zero attached hydrogens (tertiary/aromatic N) is 2. The number of aliphatic hydroxyl groups excluding tert-OH is 3. The molecule has 0 saturated carbocycles. The standard InChI is InChI=1S/C13H18N2O8S/c1-2-4-14-5-3-6(16)15(13(14)24)23-12-9(19)7(17)8(18)10(22-12)11(20)21/h3,5,7-10,12,17-19H,2,4H2,1H3,(H,20,21)/t7-,8-,9+,10-,12-/m0/s1. The molecule has 24 heavy (non-hydrogen) atoms. The van der Waals surface area contributed by atoms with E-state index >= 15 is 0 Å². The Morgan fingerprint density at radius 2 is 2.00 bits per heavy atom. The van der Waals surface area contributed by atoms with Gasteiger partial charge in [-0.15, -0.1) is 4.73 Å². The number of aliphatic carboxylic acids is 1. The van der Waals surface area contributed by atoms with E-state index in [-0.39, 0.29) is 4.77 Å². The quantitative estimate of drug-likeness (QED) is 0.442. The molecule has 1 saturated heterocycles. The number of hydrogen-bond donors (Lipinski definition) is 4. The molecule has 1 fully saturated rings. The van der Waals surface area contributed by atoms with Gasteiger partial charge in [-0.05, 0) is 18.6 Å². The Bertz CT molecular complexity index is 717. The largest absolute Gasteiger partial charge is 0.479 e. The van der Waals surface area contributed by atoms with Crippen molar-refractivity contribution in [2.24, 2.45) is 0 Å². The van der Waals surface area contributed by atoms with Crippen LogP contribution in [0.4, 0.5) is 0 Å². The second-order valence-electron chi connectivity index (χ2n) is 5.26. The molecule has 134 valence electrons. The van der Waals surface area contributed by atoms with Crippen LogP contribution in [0.15, 0.2) is 17.1 Å². The van der Waals surface area contributed by atoms with E-state index in [4.69, 9.17) is 26.9 Å². The third-order valence-corrected chi connectivity index (χ3v) is 3.90. The third kappa shape index (κ3) is 3.49. The summed E-state index contributed by atoms with van der Waals surface area (Å²) in [7, 11) is 0. The molecule has 0 amide bonds. The van der Waals surface area contributed by atoms with Crippen LogP contribution in [0, 0.1) is 4.77 Å². The van der Waals surface area contributed by atoms with E-state index < -0.39 is 42.2 Å². The maximum Gasteiger partial charge on any atom is 0.335 e. The zero-order valence-electron chi connectivity index (χ0n) is 12.7. The molecule has 1 aromatic heterocycles. The van der Waals surface area contributed by atoms with Crippen LogP contribution >= 0.6 is 12.2 Å². The number of aromatic nitrogens is 2. The lowest BCUT2D eigenvalue weighted by molar-refractivity contribution is -0.295. The Labute approximate surface area is 141 Å². The first kappa shape index (κ1) is 18.5. The van der Waals surface area contributed by atoms with Crippen molar-refractivity contribution < 1.29 is 34.8 Å². The second-order valence-corrected chi connectivity index (χ2v) is 5.63. The molecule has 0 aliphatic carbocycles. The van der Waals surface area contributed by atoms with Gasteiger partial charge in [0.25, 0.3) is 11.8 Å². The first-order chi connectivity index (χ1) is 11.3. The molecule has 0 spiro atoms. The number of carboxylic acids is 1. The highest BCUT2D eigenvalue weighted by Crippen LogP contribution is 2.21. The van der Waals surface area contributed by atoms with Gasteiger partial charge in [-0.2, -0.15) is 0 Å². The van der Waals surface area contributed by atoms with E-state index in [1.54, 1.807) is 4.57 Å². The average molecular weight is 362 g/mol. The average Bonchev–Trinajstić information content (AvgIpc) is 2.53. The first-order valence-corrected chi connectivity index (χ1v) is 7.60. The summed E-state index contributed by atoms with van der Waals surface area (Å²) < 4.78 is 7.16. The van der Waals surface area contributed by atoms with Crippen molar-refractivity contribution in [1.29, 1.82) is 0 Å². The Hall–Kier alpha value is -1.79. The van der Waals surface area contributed by atoms with Gasteiger partial charge in [-0.25, -0.2) is 4.79 Å². The number of rotatable bonds is 5. The monoisotopic (exact) mass is 362 g/mol. The number of carboxylic acid groups (broad SMARTS) is 1. The molecule has 10 nitrogen and oxygen atoms in total. The molecular weight excluding hydrogens is 344 g/mol. The summed E-state index contributed by atoms with van der Waals surface area (Å²) in [6, 6.07) is 1.18. The highest BCUT2D eigenvalue weighted by atomic mass is 32.1. The molecular formula is C13H18N2O8S. The van der Waals surface area contributed by atoms with Crippen molar-refractivity contribution in [2.75, 3.05) is 0 Å².